The molecule has 2 N–H and O–H groups in total. The van der Waals surface area contributed by atoms with E-state index in [1.165, 1.54) is 0 Å². The Morgan fingerprint density at radius 1 is 1.04 bits per heavy atom. The quantitative estimate of drug-likeness (QED) is 0.174. The van der Waals surface area contributed by atoms with E-state index in [1.807, 2.05) is 31.2 Å². The summed E-state index contributed by atoms with van der Waals surface area (Å²) in [5.74, 6) is -0.466. The third kappa shape index (κ3) is 8.15. The molecular weight excluding hydrogens is 614 g/mol. The highest BCUT2D eigenvalue weighted by Gasteiger charge is 2.54. The van der Waals surface area contributed by atoms with Crippen molar-refractivity contribution in [2.75, 3.05) is 6.79 Å². The Hall–Kier alpha value is -4.02. The average molecular weight is 666 g/mol. The van der Waals surface area contributed by atoms with Gasteiger partial charge in [0.05, 0.1) is 12.0 Å². The molecule has 11 heteroatoms. The molecule has 4 aliphatic rings. The number of Topliss-reactive ketones (excluding diaryl/α,β-unsaturated/α-hetero) is 1. The Labute approximate surface area is 283 Å². The lowest BCUT2D eigenvalue weighted by molar-refractivity contribution is -0.134. The van der Waals surface area contributed by atoms with E-state index in [1.54, 1.807) is 25.7 Å². The number of benzene rings is 1. The highest BCUT2D eigenvalue weighted by molar-refractivity contribution is 5.94. The van der Waals surface area contributed by atoms with Crippen molar-refractivity contribution in [3.05, 3.63) is 48.6 Å². The first-order valence-corrected chi connectivity index (χ1v) is 17.3. The van der Waals surface area contributed by atoms with Gasteiger partial charge in [0.25, 0.3) is 0 Å². The van der Waals surface area contributed by atoms with Crippen LogP contribution in [-0.2, 0) is 32.2 Å². The van der Waals surface area contributed by atoms with Gasteiger partial charge in [-0.05, 0) is 89.0 Å². The van der Waals surface area contributed by atoms with Gasteiger partial charge in [-0.3, -0.25) is 14.5 Å². The van der Waals surface area contributed by atoms with Gasteiger partial charge in [-0.15, -0.1) is 13.2 Å². The number of allylic oxidation sites excluding steroid dienone is 1. The Kier molecular flexibility index (Phi) is 10.7. The monoisotopic (exact) mass is 665 g/mol. The molecule has 0 spiro atoms. The predicted octanol–water partition coefficient (Wildman–Crippen LogP) is 6.33. The summed E-state index contributed by atoms with van der Waals surface area (Å²) in [6, 6.07) is 2.94. The van der Waals surface area contributed by atoms with Crippen molar-refractivity contribution < 1.29 is 38.1 Å². The van der Waals surface area contributed by atoms with Gasteiger partial charge in [0.1, 0.15) is 11.7 Å². The Balaban J connectivity index is 1.31. The number of hydrogen-bond acceptors (Lipinski definition) is 8. The van der Waals surface area contributed by atoms with Crippen molar-refractivity contribution in [1.29, 1.82) is 0 Å². The fourth-order valence-electron chi connectivity index (χ4n) is 7.25. The highest BCUT2D eigenvalue weighted by Crippen LogP contribution is 2.48. The van der Waals surface area contributed by atoms with Crippen LogP contribution in [0.2, 0.25) is 0 Å². The molecule has 5 rings (SSSR count). The summed E-state index contributed by atoms with van der Waals surface area (Å²) in [6.07, 6.45) is 7.59. The fraction of sp³-hybridized carbons (Fsp3) is 0.622. The van der Waals surface area contributed by atoms with Gasteiger partial charge in [0.2, 0.25) is 12.7 Å². The Bertz CT molecular complexity index is 1390. The summed E-state index contributed by atoms with van der Waals surface area (Å²) >= 11 is 0. The predicted molar refractivity (Wildman–Crippen MR) is 179 cm³/mol. The maximum Gasteiger partial charge on any atom is 0.410 e. The summed E-state index contributed by atoms with van der Waals surface area (Å²) in [4.78, 5) is 56.2. The normalized spacial score (nSPS) is 25.9. The van der Waals surface area contributed by atoms with Crippen LogP contribution < -0.4 is 20.1 Å². The minimum Gasteiger partial charge on any atom is -0.454 e. The minimum absolute atomic E-state index is 0.168. The van der Waals surface area contributed by atoms with Gasteiger partial charge >= 0.3 is 12.2 Å². The number of rotatable bonds is 14. The number of alkyl carbamates (subject to hydrolysis) is 1. The second-order valence-corrected chi connectivity index (χ2v) is 14.6. The number of nitrogens with zero attached hydrogens (tertiary/aromatic N) is 1. The first kappa shape index (κ1) is 35.3. The number of ether oxygens (including phenoxy) is 4. The van der Waals surface area contributed by atoms with Crippen molar-refractivity contribution in [1.82, 2.24) is 15.5 Å². The van der Waals surface area contributed by atoms with E-state index < -0.39 is 41.8 Å². The molecule has 0 aromatic heterocycles. The first-order valence-electron chi connectivity index (χ1n) is 17.3. The maximum atomic E-state index is 14.3. The van der Waals surface area contributed by atoms with Crippen molar-refractivity contribution in [2.24, 2.45) is 17.8 Å². The lowest BCUT2D eigenvalue weighted by Crippen LogP contribution is -2.49. The standard InChI is InChI=1S/C37H51N3O8/c1-7-10-11-12-13-14-29(38-34(43)48-36(4,5)6)32(41)27-17-26(18-28(27)33(42)39-37(9-3)19-25(37)8-2)47-35(44)40-20-23-15-30-31(46-22-45-30)16-24(23)21-40/h7-8,15-16,25-29H,1-2,9-14,17-22H2,3-6H3,(H,38,43)(H,39,42)/t25-,26+,27?,28-,29+,37-/m1/s1. The van der Waals surface area contributed by atoms with Crippen molar-refractivity contribution in [2.45, 2.75) is 122 Å². The summed E-state index contributed by atoms with van der Waals surface area (Å²) < 4.78 is 22.5. The van der Waals surface area contributed by atoms with E-state index in [-0.39, 0.29) is 42.8 Å². The van der Waals surface area contributed by atoms with Gasteiger partial charge in [-0.1, -0.05) is 31.9 Å². The molecule has 3 amide bonds. The second kappa shape index (κ2) is 14.6. The van der Waals surface area contributed by atoms with Crippen LogP contribution in [-0.4, -0.2) is 58.9 Å². The van der Waals surface area contributed by atoms with Crippen molar-refractivity contribution in [3.63, 3.8) is 0 Å². The molecule has 2 fully saturated rings. The third-order valence-corrected chi connectivity index (χ3v) is 10.0. The summed E-state index contributed by atoms with van der Waals surface area (Å²) in [6.45, 7) is 15.9. The zero-order valence-electron chi connectivity index (χ0n) is 28.8. The molecular formula is C37H51N3O8. The van der Waals surface area contributed by atoms with Crippen molar-refractivity contribution in [3.8, 4) is 11.5 Å². The largest absolute Gasteiger partial charge is 0.454 e. The molecule has 2 saturated carbocycles. The summed E-state index contributed by atoms with van der Waals surface area (Å²) in [5, 5.41) is 6.03. The Morgan fingerprint density at radius 2 is 1.71 bits per heavy atom. The number of fused-ring (bicyclic) bond motifs is 2. The molecule has 6 atom stereocenters. The molecule has 0 bridgehead atoms. The number of unbranched alkanes of at least 4 members (excludes halogenated alkanes) is 3. The molecule has 262 valence electrons. The van der Waals surface area contributed by atoms with E-state index in [4.69, 9.17) is 18.9 Å². The Morgan fingerprint density at radius 3 is 2.29 bits per heavy atom. The zero-order chi connectivity index (χ0) is 34.6. The lowest BCUT2D eigenvalue weighted by Gasteiger charge is -2.27. The average Bonchev–Trinajstić information content (AvgIpc) is 3.38. The SMILES string of the molecule is C=CCCCCC[C@H](NC(=O)OC(C)(C)C)C(=O)C1C[C@H](OC(=O)N2Cc3cc4c(cc3C2)OCO4)C[C@H]1C(=O)N[C@]1(CC)C[C@H]1C=C. The molecule has 2 aliphatic heterocycles. The van der Waals surface area contributed by atoms with Crippen LogP contribution in [0.5, 0.6) is 11.5 Å². The number of carbonyl (C=O) groups excluding carboxylic acids is 4. The first-order chi connectivity index (χ1) is 22.9. The molecule has 1 aromatic rings. The van der Waals surface area contributed by atoms with Crippen LogP contribution in [0.4, 0.5) is 9.59 Å². The van der Waals surface area contributed by atoms with E-state index in [0.717, 1.165) is 43.2 Å². The second-order valence-electron chi connectivity index (χ2n) is 14.6. The van der Waals surface area contributed by atoms with E-state index >= 15 is 0 Å². The lowest BCUT2D eigenvalue weighted by atomic mass is 9.85. The summed E-state index contributed by atoms with van der Waals surface area (Å²) in [5.41, 5.74) is 0.800. The molecule has 2 heterocycles. The molecule has 2 aliphatic carbocycles. The fourth-order valence-corrected chi connectivity index (χ4v) is 7.25. The van der Waals surface area contributed by atoms with Crippen LogP contribution >= 0.6 is 0 Å². The van der Waals surface area contributed by atoms with E-state index in [0.29, 0.717) is 37.4 Å². The number of carbonyl (C=O) groups is 4. The van der Waals surface area contributed by atoms with Crippen LogP contribution in [0.15, 0.2) is 37.4 Å². The van der Waals surface area contributed by atoms with Gasteiger partial charge in [-0.25, -0.2) is 9.59 Å². The minimum atomic E-state index is -0.847. The molecule has 1 unspecified atom stereocenters. The van der Waals surface area contributed by atoms with Gasteiger partial charge in [-0.2, -0.15) is 0 Å². The molecule has 0 radical (unpaired) electrons. The molecule has 0 saturated heterocycles. The molecule has 48 heavy (non-hydrogen) atoms. The molecule has 11 nitrogen and oxygen atoms in total. The number of amides is 3. The maximum absolute atomic E-state index is 14.3. The number of hydrogen-bond donors (Lipinski definition) is 2. The van der Waals surface area contributed by atoms with Gasteiger partial charge in [0, 0.05) is 30.5 Å². The third-order valence-electron chi connectivity index (χ3n) is 10.0. The zero-order valence-corrected chi connectivity index (χ0v) is 28.8. The van der Waals surface area contributed by atoms with Gasteiger partial charge < -0.3 is 29.6 Å². The van der Waals surface area contributed by atoms with Crippen LogP contribution in [0.3, 0.4) is 0 Å². The molecule has 1 aromatic carbocycles. The van der Waals surface area contributed by atoms with Crippen LogP contribution in [0.25, 0.3) is 0 Å². The number of ketones is 1. The van der Waals surface area contributed by atoms with Crippen LogP contribution in [0, 0.1) is 17.8 Å². The van der Waals surface area contributed by atoms with E-state index in [2.05, 4.69) is 23.8 Å². The highest BCUT2D eigenvalue weighted by atomic mass is 16.7. The van der Waals surface area contributed by atoms with Gasteiger partial charge in [0.15, 0.2) is 17.3 Å². The smallest absolute Gasteiger partial charge is 0.410 e. The van der Waals surface area contributed by atoms with Crippen molar-refractivity contribution >= 4 is 23.9 Å². The van der Waals surface area contributed by atoms with E-state index in [9.17, 15) is 19.2 Å². The summed E-state index contributed by atoms with van der Waals surface area (Å²) in [7, 11) is 0. The topological polar surface area (TPSA) is 132 Å². The van der Waals surface area contributed by atoms with Crippen LogP contribution in [0.1, 0.15) is 96.6 Å². The number of nitrogens with one attached hydrogen (secondary N) is 2.